The summed E-state index contributed by atoms with van der Waals surface area (Å²) in [6.45, 7) is 10.2. The number of amides is 1. The largest absolute Gasteiger partial charge is 0.507 e. The summed E-state index contributed by atoms with van der Waals surface area (Å²) in [5, 5.41) is 11.8. The monoisotopic (exact) mass is 654 g/mol. The van der Waals surface area contributed by atoms with Crippen molar-refractivity contribution in [2.24, 2.45) is 5.92 Å². The molecule has 10 heteroatoms. The molecule has 3 aromatic carbocycles. The van der Waals surface area contributed by atoms with E-state index in [1.54, 1.807) is 49.4 Å². The highest BCUT2D eigenvalue weighted by Gasteiger charge is 2.48. The van der Waals surface area contributed by atoms with Crippen molar-refractivity contribution in [3.63, 3.8) is 0 Å². The van der Waals surface area contributed by atoms with E-state index in [4.69, 9.17) is 14.2 Å². The third kappa shape index (κ3) is 7.23. The minimum atomic E-state index is -1.06. The van der Waals surface area contributed by atoms with Crippen LogP contribution < -0.4 is 19.1 Å². The predicted octanol–water partition coefficient (Wildman–Crippen LogP) is 7.60. The molecule has 0 bridgehead atoms. The van der Waals surface area contributed by atoms with Crippen molar-refractivity contribution in [1.82, 2.24) is 4.98 Å². The minimum Gasteiger partial charge on any atom is -0.507 e. The smallest absolute Gasteiger partial charge is 0.301 e. The number of carbonyl (C=O) groups is 3. The van der Waals surface area contributed by atoms with Crippen LogP contribution in [0.25, 0.3) is 5.76 Å². The Morgan fingerprint density at radius 3 is 2.38 bits per heavy atom. The number of Topliss-reactive ketones (excluding diaryl/α,β-unsaturated/α-hetero) is 2. The Labute approximate surface area is 278 Å². The summed E-state index contributed by atoms with van der Waals surface area (Å²) < 4.78 is 17.5. The first-order valence-electron chi connectivity index (χ1n) is 15.4. The zero-order valence-corrected chi connectivity index (χ0v) is 28.1. The van der Waals surface area contributed by atoms with Gasteiger partial charge in [0.15, 0.2) is 22.4 Å². The molecule has 1 atom stereocenters. The average molecular weight is 655 g/mol. The fraction of sp³-hybridized carbons (Fsp3) is 0.297. The molecule has 1 aliphatic heterocycles. The van der Waals surface area contributed by atoms with E-state index in [9.17, 15) is 19.5 Å². The number of ether oxygens (including phenoxy) is 3. The van der Waals surface area contributed by atoms with Gasteiger partial charge in [0.2, 0.25) is 0 Å². The lowest BCUT2D eigenvalue weighted by Gasteiger charge is -2.24. The van der Waals surface area contributed by atoms with E-state index in [0.29, 0.717) is 58.1 Å². The van der Waals surface area contributed by atoms with Crippen molar-refractivity contribution in [2.75, 3.05) is 18.6 Å². The van der Waals surface area contributed by atoms with Gasteiger partial charge in [-0.15, -0.1) is 0 Å². The number of aromatic nitrogens is 1. The van der Waals surface area contributed by atoms with Gasteiger partial charge in [-0.05, 0) is 73.7 Å². The van der Waals surface area contributed by atoms with Crippen LogP contribution in [0.2, 0.25) is 0 Å². The lowest BCUT2D eigenvalue weighted by Crippen LogP contribution is -2.29. The normalized spacial score (nSPS) is 15.7. The Balaban J connectivity index is 1.55. The van der Waals surface area contributed by atoms with Crippen molar-refractivity contribution >= 4 is 39.7 Å². The maximum Gasteiger partial charge on any atom is 0.301 e. The van der Waals surface area contributed by atoms with E-state index < -0.39 is 17.7 Å². The fourth-order valence-corrected chi connectivity index (χ4v) is 6.36. The van der Waals surface area contributed by atoms with E-state index in [1.165, 1.54) is 18.9 Å². The first-order chi connectivity index (χ1) is 22.5. The van der Waals surface area contributed by atoms with Crippen LogP contribution in [0.1, 0.15) is 70.9 Å². The molecule has 47 heavy (non-hydrogen) atoms. The maximum absolute atomic E-state index is 13.7. The van der Waals surface area contributed by atoms with Crippen molar-refractivity contribution in [3.8, 4) is 17.2 Å². The number of carbonyl (C=O) groups excluding carboxylic acids is 3. The van der Waals surface area contributed by atoms with Gasteiger partial charge in [-0.25, -0.2) is 4.98 Å². The highest BCUT2D eigenvalue weighted by molar-refractivity contribution is 7.18. The average Bonchev–Trinajstić information content (AvgIpc) is 3.56. The van der Waals surface area contributed by atoms with Gasteiger partial charge in [0, 0.05) is 12.5 Å². The van der Waals surface area contributed by atoms with Crippen LogP contribution in [-0.4, -0.2) is 41.3 Å². The Kier molecular flexibility index (Phi) is 10.1. The third-order valence-electron chi connectivity index (χ3n) is 7.83. The van der Waals surface area contributed by atoms with E-state index in [1.807, 2.05) is 31.2 Å². The van der Waals surface area contributed by atoms with Crippen molar-refractivity contribution in [1.29, 1.82) is 0 Å². The standard InChI is InChI=1S/C37H38N2O7S/c1-21(2)16-17-45-29-15-12-27(19-30(29)44-6)32-31(34(42)36(43)39(32)37-38-23(4)35(47-37)24(5)40)33(41)26-10-13-28(14-11-26)46-20-25-9-7-8-22(3)18-25/h7-15,18-19,21,32,41H,16-17,20H2,1-6H3/b33-31+. The molecule has 1 aromatic heterocycles. The first kappa shape index (κ1) is 33.4. The van der Waals surface area contributed by atoms with Crippen LogP contribution in [0.15, 0.2) is 72.3 Å². The Morgan fingerprint density at radius 2 is 1.74 bits per heavy atom. The second kappa shape index (κ2) is 14.2. The summed E-state index contributed by atoms with van der Waals surface area (Å²) in [5.74, 6) is -0.337. The Bertz CT molecular complexity index is 1840. The molecule has 5 rings (SSSR count). The molecule has 1 fully saturated rings. The number of thiazole rings is 1. The number of nitrogens with zero attached hydrogens (tertiary/aromatic N) is 2. The molecule has 0 saturated carbocycles. The highest BCUT2D eigenvalue weighted by atomic mass is 32.1. The zero-order valence-electron chi connectivity index (χ0n) is 27.3. The topological polar surface area (TPSA) is 115 Å². The van der Waals surface area contributed by atoms with Crippen molar-refractivity contribution in [3.05, 3.63) is 105 Å². The van der Waals surface area contributed by atoms with E-state index in [-0.39, 0.29) is 22.2 Å². The Morgan fingerprint density at radius 1 is 1.00 bits per heavy atom. The molecule has 4 aromatic rings. The number of aliphatic hydroxyl groups is 1. The predicted molar refractivity (Wildman–Crippen MR) is 182 cm³/mol. The molecule has 244 valence electrons. The van der Waals surface area contributed by atoms with Crippen molar-refractivity contribution < 1.29 is 33.7 Å². The van der Waals surface area contributed by atoms with Gasteiger partial charge < -0.3 is 19.3 Å². The number of ketones is 2. The molecule has 0 radical (unpaired) electrons. The summed E-state index contributed by atoms with van der Waals surface area (Å²) in [7, 11) is 1.51. The number of methoxy groups -OCH3 is 1. The third-order valence-corrected chi connectivity index (χ3v) is 9.09. The zero-order chi connectivity index (χ0) is 33.8. The van der Waals surface area contributed by atoms with Crippen LogP contribution in [0, 0.1) is 19.8 Å². The van der Waals surface area contributed by atoms with Gasteiger partial charge in [0.05, 0.1) is 35.9 Å². The highest BCUT2D eigenvalue weighted by Crippen LogP contribution is 2.45. The molecule has 0 aliphatic carbocycles. The minimum absolute atomic E-state index is 0.115. The fourth-order valence-electron chi connectivity index (χ4n) is 5.37. The number of rotatable bonds is 12. The molecule has 2 heterocycles. The number of hydrogen-bond acceptors (Lipinski definition) is 9. The van der Waals surface area contributed by atoms with Gasteiger partial charge in [-0.1, -0.05) is 61.1 Å². The van der Waals surface area contributed by atoms with Crippen LogP contribution >= 0.6 is 11.3 Å². The number of hydrogen-bond donors (Lipinski definition) is 1. The summed E-state index contributed by atoms with van der Waals surface area (Å²) >= 11 is 1.03. The number of aliphatic hydroxyl groups excluding tert-OH is 1. The molecular formula is C37H38N2O7S. The molecule has 1 saturated heterocycles. The molecule has 1 unspecified atom stereocenters. The SMILES string of the molecule is COc1cc(C2/C(=C(\O)c3ccc(OCc4cccc(C)c4)cc3)C(=O)C(=O)N2c2nc(C)c(C(C)=O)s2)ccc1OCCC(C)C. The molecule has 1 aliphatic rings. The molecule has 1 N–H and O–H groups in total. The molecule has 1 amide bonds. The summed E-state index contributed by atoms with van der Waals surface area (Å²) in [5.41, 5.74) is 3.32. The van der Waals surface area contributed by atoms with Gasteiger partial charge >= 0.3 is 5.91 Å². The van der Waals surface area contributed by atoms with E-state index in [2.05, 4.69) is 18.8 Å². The Hall–Kier alpha value is -4.96. The van der Waals surface area contributed by atoms with Gasteiger partial charge in [-0.3, -0.25) is 19.3 Å². The van der Waals surface area contributed by atoms with Gasteiger partial charge in [0.25, 0.3) is 5.78 Å². The maximum atomic E-state index is 13.7. The van der Waals surface area contributed by atoms with Crippen LogP contribution in [0.3, 0.4) is 0 Å². The van der Waals surface area contributed by atoms with Gasteiger partial charge in [-0.2, -0.15) is 0 Å². The van der Waals surface area contributed by atoms with Gasteiger partial charge in [0.1, 0.15) is 18.1 Å². The quantitative estimate of drug-likeness (QED) is 0.0719. The lowest BCUT2D eigenvalue weighted by molar-refractivity contribution is -0.132. The van der Waals surface area contributed by atoms with Crippen LogP contribution in [0.4, 0.5) is 5.13 Å². The number of benzene rings is 3. The molecular weight excluding hydrogens is 616 g/mol. The van der Waals surface area contributed by atoms with Crippen LogP contribution in [0.5, 0.6) is 17.2 Å². The second-order valence-electron chi connectivity index (χ2n) is 11.9. The summed E-state index contributed by atoms with van der Waals surface area (Å²) in [4.78, 5) is 45.8. The van der Waals surface area contributed by atoms with Crippen molar-refractivity contribution in [2.45, 2.75) is 53.7 Å². The molecule has 9 nitrogen and oxygen atoms in total. The molecule has 0 spiro atoms. The summed E-state index contributed by atoms with van der Waals surface area (Å²) in [6.07, 6.45) is 0.850. The second-order valence-corrected chi connectivity index (χ2v) is 12.9. The summed E-state index contributed by atoms with van der Waals surface area (Å²) in [6, 6.07) is 18.8. The first-order valence-corrected chi connectivity index (χ1v) is 16.2. The lowest BCUT2D eigenvalue weighted by atomic mass is 9.95. The number of aryl methyl sites for hydroxylation is 2. The van der Waals surface area contributed by atoms with E-state index >= 15 is 0 Å². The number of anilines is 1. The van der Waals surface area contributed by atoms with E-state index in [0.717, 1.165) is 28.9 Å². The van der Waals surface area contributed by atoms with Crippen LogP contribution in [-0.2, 0) is 16.2 Å².